The van der Waals surface area contributed by atoms with Crippen LogP contribution >= 0.6 is 0 Å². The van der Waals surface area contributed by atoms with Gasteiger partial charge in [0.2, 0.25) is 5.60 Å². The van der Waals surface area contributed by atoms with Crippen LogP contribution in [0.25, 0.3) is 0 Å². The van der Waals surface area contributed by atoms with E-state index in [1.807, 2.05) is 20.8 Å². The third-order valence-electron chi connectivity index (χ3n) is 5.68. The van der Waals surface area contributed by atoms with Crippen molar-refractivity contribution in [2.24, 2.45) is 10.8 Å². The van der Waals surface area contributed by atoms with Crippen molar-refractivity contribution in [1.29, 1.82) is 0 Å². The van der Waals surface area contributed by atoms with Crippen LogP contribution in [0, 0.1) is 10.8 Å². The van der Waals surface area contributed by atoms with Gasteiger partial charge in [-0.25, -0.2) is 4.79 Å². The molecule has 0 unspecified atom stereocenters. The smallest absolute Gasteiger partial charge is 0.356 e. The van der Waals surface area contributed by atoms with Crippen LogP contribution in [-0.4, -0.2) is 24.6 Å². The van der Waals surface area contributed by atoms with Crippen molar-refractivity contribution >= 4 is 11.9 Å². The highest BCUT2D eigenvalue weighted by Crippen LogP contribution is 2.65. The maximum Gasteiger partial charge on any atom is 0.356 e. The van der Waals surface area contributed by atoms with Gasteiger partial charge in [-0.15, -0.1) is 0 Å². The van der Waals surface area contributed by atoms with E-state index >= 15 is 0 Å². The Kier molecular flexibility index (Phi) is 3.03. The first-order valence-corrected chi connectivity index (χ1v) is 7.37. The van der Waals surface area contributed by atoms with Gasteiger partial charge in [0, 0.05) is 5.41 Å². The lowest BCUT2D eigenvalue weighted by molar-refractivity contribution is -0.176. The van der Waals surface area contributed by atoms with Gasteiger partial charge in [0.15, 0.2) is 0 Å². The normalized spacial score (nSPS) is 31.7. The Morgan fingerprint density at radius 3 is 2.14 bits per heavy atom. The second kappa shape index (κ2) is 4.48. The summed E-state index contributed by atoms with van der Waals surface area (Å²) in [5.74, 6) is 0.277. The predicted molar refractivity (Wildman–Crippen MR) is 78.6 cm³/mol. The number of rotatable bonds is 3. The molecule has 1 aliphatic carbocycles. The minimum Gasteiger partial charge on any atom is -0.497 e. The Hall–Kier alpha value is -2.04. The third-order valence-corrected chi connectivity index (χ3v) is 5.68. The molecule has 1 heterocycles. The largest absolute Gasteiger partial charge is 0.497 e. The second-order valence-electron chi connectivity index (χ2n) is 6.74. The fourth-order valence-electron chi connectivity index (χ4n) is 3.54. The molecular formula is C17H20O5. The minimum absolute atomic E-state index is 0.310. The van der Waals surface area contributed by atoms with Crippen LogP contribution in [0.2, 0.25) is 0 Å². The highest BCUT2D eigenvalue weighted by Gasteiger charge is 2.76. The lowest BCUT2D eigenvalue weighted by Crippen LogP contribution is -2.50. The summed E-state index contributed by atoms with van der Waals surface area (Å²) < 4.78 is 16.1. The maximum absolute atomic E-state index is 12.7. The zero-order valence-electron chi connectivity index (χ0n) is 13.3. The van der Waals surface area contributed by atoms with Gasteiger partial charge in [-0.3, -0.25) is 4.79 Å². The molecule has 5 nitrogen and oxygen atoms in total. The number of fused-ring (bicyclic) bond motifs is 2. The summed E-state index contributed by atoms with van der Waals surface area (Å²) >= 11 is 0. The van der Waals surface area contributed by atoms with E-state index in [0.29, 0.717) is 24.3 Å². The van der Waals surface area contributed by atoms with Crippen molar-refractivity contribution < 1.29 is 23.8 Å². The van der Waals surface area contributed by atoms with Gasteiger partial charge in [-0.05, 0) is 44.0 Å². The van der Waals surface area contributed by atoms with Crippen LogP contribution in [0.4, 0.5) is 0 Å². The summed E-state index contributed by atoms with van der Waals surface area (Å²) in [5.41, 5.74) is -2.43. The average molecular weight is 304 g/mol. The Balaban J connectivity index is 1.87. The third kappa shape index (κ3) is 1.65. The van der Waals surface area contributed by atoms with Gasteiger partial charge in [0.1, 0.15) is 11.5 Å². The quantitative estimate of drug-likeness (QED) is 0.634. The minimum atomic E-state index is -1.20. The SMILES string of the molecule is COc1ccc(OC(=O)[C@]23CC[C@@](C)(C(=O)O2)C3(C)C)cc1. The molecular weight excluding hydrogens is 284 g/mol. The lowest BCUT2D eigenvalue weighted by atomic mass is 9.66. The average Bonchev–Trinajstić information content (AvgIpc) is 2.78. The molecule has 2 atom stereocenters. The molecule has 5 heteroatoms. The molecule has 2 aliphatic rings. The molecule has 0 radical (unpaired) electrons. The van der Waals surface area contributed by atoms with E-state index in [1.165, 1.54) is 0 Å². The van der Waals surface area contributed by atoms with Crippen LogP contribution in [0.3, 0.4) is 0 Å². The molecule has 3 rings (SSSR count). The number of methoxy groups -OCH3 is 1. The first kappa shape index (κ1) is 14.9. The number of hydrogen-bond acceptors (Lipinski definition) is 5. The van der Waals surface area contributed by atoms with E-state index in [4.69, 9.17) is 14.2 Å². The summed E-state index contributed by atoms with van der Waals surface area (Å²) in [4.78, 5) is 24.9. The van der Waals surface area contributed by atoms with Crippen molar-refractivity contribution in [3.8, 4) is 11.5 Å². The van der Waals surface area contributed by atoms with Gasteiger partial charge in [0.05, 0.1) is 12.5 Å². The number of ether oxygens (including phenoxy) is 3. The van der Waals surface area contributed by atoms with E-state index in [1.54, 1.807) is 31.4 Å². The zero-order valence-corrected chi connectivity index (χ0v) is 13.3. The number of esters is 2. The molecule has 1 aromatic rings. The van der Waals surface area contributed by atoms with Crippen molar-refractivity contribution in [3.05, 3.63) is 24.3 Å². The van der Waals surface area contributed by atoms with Gasteiger partial charge in [0.25, 0.3) is 0 Å². The number of hydrogen-bond donors (Lipinski definition) is 0. The van der Waals surface area contributed by atoms with Crippen molar-refractivity contribution in [3.63, 3.8) is 0 Å². The van der Waals surface area contributed by atoms with E-state index < -0.39 is 22.4 Å². The fourth-order valence-corrected chi connectivity index (χ4v) is 3.54. The van der Waals surface area contributed by atoms with Crippen molar-refractivity contribution in [2.45, 2.75) is 39.2 Å². The maximum atomic E-state index is 12.7. The van der Waals surface area contributed by atoms with Gasteiger partial charge in [-0.1, -0.05) is 13.8 Å². The molecule has 118 valence electrons. The van der Waals surface area contributed by atoms with Crippen molar-refractivity contribution in [1.82, 2.24) is 0 Å². The molecule has 0 spiro atoms. The van der Waals surface area contributed by atoms with E-state index in [9.17, 15) is 9.59 Å². The van der Waals surface area contributed by atoms with Crippen molar-refractivity contribution in [2.75, 3.05) is 7.11 Å². The highest BCUT2D eigenvalue weighted by atomic mass is 16.6. The molecule has 2 bridgehead atoms. The van der Waals surface area contributed by atoms with E-state index in [0.717, 1.165) is 0 Å². The Morgan fingerprint density at radius 1 is 1.09 bits per heavy atom. The number of carbonyl (C=O) groups is 2. The summed E-state index contributed by atoms with van der Waals surface area (Å²) in [6.45, 7) is 5.67. The Bertz CT molecular complexity index is 633. The fraction of sp³-hybridized carbons (Fsp3) is 0.529. The highest BCUT2D eigenvalue weighted by molar-refractivity contribution is 5.94. The lowest BCUT2D eigenvalue weighted by Gasteiger charge is -2.34. The Labute approximate surface area is 129 Å². The molecule has 1 saturated heterocycles. The standard InChI is InChI=1S/C17H20O5/c1-15(2)16(3)9-10-17(15,22-13(16)18)14(19)21-12-7-5-11(20-4)6-8-12/h5-8H,9-10H2,1-4H3/t16-,17-/m0/s1. The first-order chi connectivity index (χ1) is 10.3. The summed E-state index contributed by atoms with van der Waals surface area (Å²) in [6.07, 6.45) is 1.13. The van der Waals surface area contributed by atoms with E-state index in [2.05, 4.69) is 0 Å². The monoisotopic (exact) mass is 304 g/mol. The summed E-state index contributed by atoms with van der Waals surface area (Å²) in [5, 5.41) is 0. The van der Waals surface area contributed by atoms with Gasteiger partial charge >= 0.3 is 11.9 Å². The predicted octanol–water partition coefficient (Wildman–Crippen LogP) is 2.72. The molecule has 0 amide bonds. The van der Waals surface area contributed by atoms with Crippen LogP contribution in [0.15, 0.2) is 24.3 Å². The van der Waals surface area contributed by atoms with Gasteiger partial charge < -0.3 is 14.2 Å². The zero-order chi connectivity index (χ0) is 16.2. The molecule has 1 aromatic carbocycles. The summed E-state index contributed by atoms with van der Waals surface area (Å²) in [7, 11) is 1.57. The van der Waals surface area contributed by atoms with Crippen LogP contribution < -0.4 is 9.47 Å². The Morgan fingerprint density at radius 2 is 1.68 bits per heavy atom. The first-order valence-electron chi connectivity index (χ1n) is 7.37. The second-order valence-corrected chi connectivity index (χ2v) is 6.74. The molecule has 0 N–H and O–H groups in total. The topological polar surface area (TPSA) is 61.8 Å². The van der Waals surface area contributed by atoms with Crippen LogP contribution in [-0.2, 0) is 14.3 Å². The number of benzene rings is 1. The van der Waals surface area contributed by atoms with E-state index in [-0.39, 0.29) is 5.97 Å². The van der Waals surface area contributed by atoms with Crippen LogP contribution in [0.5, 0.6) is 11.5 Å². The molecule has 22 heavy (non-hydrogen) atoms. The van der Waals surface area contributed by atoms with Crippen LogP contribution in [0.1, 0.15) is 33.6 Å². The molecule has 0 aromatic heterocycles. The molecule has 2 fully saturated rings. The summed E-state index contributed by atoms with van der Waals surface area (Å²) in [6, 6.07) is 6.74. The number of carbonyl (C=O) groups excluding carboxylic acids is 2. The molecule has 1 saturated carbocycles. The van der Waals surface area contributed by atoms with Gasteiger partial charge in [-0.2, -0.15) is 0 Å². The molecule has 1 aliphatic heterocycles.